The highest BCUT2D eigenvalue weighted by Gasteiger charge is 2.17. The Bertz CT molecular complexity index is 228. The van der Waals surface area contributed by atoms with E-state index in [0.717, 1.165) is 12.8 Å². The summed E-state index contributed by atoms with van der Waals surface area (Å²) in [6.45, 7) is 0. The Kier molecular flexibility index (Phi) is 4.49. The molecule has 0 aliphatic heterocycles. The smallest absolute Gasteiger partial charge is 0.282 e. The fraction of sp³-hybridized carbons (Fsp3) is 0.923. The third kappa shape index (κ3) is 3.69. The number of nitrogens with two attached hydrogens (primary N) is 1. The maximum absolute atomic E-state index is 5.86. The quantitative estimate of drug-likeness (QED) is 0.579. The van der Waals surface area contributed by atoms with Crippen LogP contribution in [0.1, 0.15) is 64.2 Å². The highest BCUT2D eigenvalue weighted by atomic mass is 16.5. The van der Waals surface area contributed by atoms with Gasteiger partial charge >= 0.3 is 0 Å². The van der Waals surface area contributed by atoms with Gasteiger partial charge in [-0.2, -0.15) is 0 Å². The maximum Gasteiger partial charge on any atom is 0.282 e. The van der Waals surface area contributed by atoms with Gasteiger partial charge < -0.3 is 10.5 Å². The highest BCUT2D eigenvalue weighted by Crippen LogP contribution is 2.22. The van der Waals surface area contributed by atoms with Crippen molar-refractivity contribution in [2.45, 2.75) is 76.4 Å². The van der Waals surface area contributed by atoms with Crippen molar-refractivity contribution in [1.29, 1.82) is 0 Å². The van der Waals surface area contributed by atoms with E-state index in [-0.39, 0.29) is 0 Å². The predicted octanol–water partition coefficient (Wildman–Crippen LogP) is 2.98. The minimum absolute atomic E-state index is 0.334. The van der Waals surface area contributed by atoms with E-state index >= 15 is 0 Å². The van der Waals surface area contributed by atoms with Gasteiger partial charge in [0.1, 0.15) is 6.10 Å². The summed E-state index contributed by atoms with van der Waals surface area (Å²) in [6, 6.07) is 0.871. The van der Waals surface area contributed by atoms with Gasteiger partial charge in [0.05, 0.1) is 6.04 Å². The van der Waals surface area contributed by atoms with Crippen LogP contribution in [0.4, 0.5) is 0 Å². The molecule has 0 unspecified atom stereocenters. The molecule has 0 saturated heterocycles. The van der Waals surface area contributed by atoms with Crippen LogP contribution in [-0.2, 0) is 4.74 Å². The lowest BCUT2D eigenvalue weighted by atomic mass is 9.96. The first-order valence-electron chi connectivity index (χ1n) is 6.84. The summed E-state index contributed by atoms with van der Waals surface area (Å²) in [5.41, 5.74) is 5.86. The molecule has 3 nitrogen and oxygen atoms in total. The molecular formula is C13H24N2O. The number of hydrogen-bond donors (Lipinski definition) is 1. The minimum atomic E-state index is 0.334. The zero-order valence-corrected chi connectivity index (χ0v) is 10.2. The zero-order valence-electron chi connectivity index (χ0n) is 10.2. The van der Waals surface area contributed by atoms with Crippen molar-refractivity contribution in [2.24, 2.45) is 10.7 Å². The van der Waals surface area contributed by atoms with E-state index in [0.29, 0.717) is 18.2 Å². The van der Waals surface area contributed by atoms with E-state index in [9.17, 15) is 0 Å². The van der Waals surface area contributed by atoms with Gasteiger partial charge in [-0.25, -0.2) is 4.99 Å². The van der Waals surface area contributed by atoms with Gasteiger partial charge in [-0.1, -0.05) is 25.7 Å². The monoisotopic (exact) mass is 224 g/mol. The van der Waals surface area contributed by atoms with Crippen LogP contribution in [0.5, 0.6) is 0 Å². The first-order chi connectivity index (χ1) is 7.84. The molecule has 0 atom stereocenters. The van der Waals surface area contributed by atoms with Crippen LogP contribution < -0.4 is 5.73 Å². The molecule has 0 bridgehead atoms. The van der Waals surface area contributed by atoms with Gasteiger partial charge in [-0.05, 0) is 38.5 Å². The van der Waals surface area contributed by atoms with E-state index in [1.807, 2.05) is 0 Å². The second-order valence-corrected chi connectivity index (χ2v) is 5.14. The Balaban J connectivity index is 1.76. The maximum atomic E-state index is 5.86. The fourth-order valence-electron chi connectivity index (χ4n) is 2.77. The van der Waals surface area contributed by atoms with Gasteiger partial charge in [0, 0.05) is 0 Å². The lowest BCUT2D eigenvalue weighted by Gasteiger charge is -2.23. The lowest BCUT2D eigenvalue weighted by molar-refractivity contribution is 0.138. The number of ether oxygens (including phenoxy) is 1. The van der Waals surface area contributed by atoms with Gasteiger partial charge in [0.15, 0.2) is 0 Å². The van der Waals surface area contributed by atoms with E-state index in [4.69, 9.17) is 10.5 Å². The van der Waals surface area contributed by atoms with Crippen LogP contribution in [0, 0.1) is 0 Å². The van der Waals surface area contributed by atoms with Crippen molar-refractivity contribution in [1.82, 2.24) is 0 Å². The molecule has 0 heterocycles. The van der Waals surface area contributed by atoms with E-state index in [2.05, 4.69) is 4.99 Å². The average molecular weight is 224 g/mol. The second kappa shape index (κ2) is 6.12. The molecular weight excluding hydrogens is 200 g/mol. The van der Waals surface area contributed by atoms with Crippen molar-refractivity contribution in [2.75, 3.05) is 0 Å². The van der Waals surface area contributed by atoms with Crippen molar-refractivity contribution in [3.8, 4) is 0 Å². The van der Waals surface area contributed by atoms with Gasteiger partial charge in [-0.3, -0.25) is 0 Å². The largest absolute Gasteiger partial charge is 0.462 e. The summed E-state index contributed by atoms with van der Waals surface area (Å²) in [5, 5.41) is 0. The summed E-state index contributed by atoms with van der Waals surface area (Å²) in [4.78, 5) is 4.50. The highest BCUT2D eigenvalue weighted by molar-refractivity contribution is 5.71. The molecule has 0 aromatic heterocycles. The molecule has 2 saturated carbocycles. The standard InChI is InChI=1S/C13H24N2O/c14-13(15-11-7-3-1-4-8-11)16-12-9-5-2-6-10-12/h11-12H,1-10H2,(H2,14,15). The number of amidine groups is 1. The average Bonchev–Trinajstić information content (AvgIpc) is 2.31. The Morgan fingerprint density at radius 1 is 0.875 bits per heavy atom. The van der Waals surface area contributed by atoms with E-state index in [1.54, 1.807) is 0 Å². The number of hydrogen-bond acceptors (Lipinski definition) is 2. The summed E-state index contributed by atoms with van der Waals surface area (Å²) in [7, 11) is 0. The van der Waals surface area contributed by atoms with E-state index < -0.39 is 0 Å². The molecule has 2 fully saturated rings. The SMILES string of the molecule is NC(=NC1CCCCC1)OC1CCCCC1. The normalized spacial score (nSPS) is 25.6. The number of rotatable bonds is 2. The molecule has 2 aliphatic rings. The van der Waals surface area contributed by atoms with Crippen molar-refractivity contribution < 1.29 is 4.74 Å². The molecule has 16 heavy (non-hydrogen) atoms. The summed E-state index contributed by atoms with van der Waals surface area (Å²) in [5.74, 6) is 0. The fourth-order valence-corrected chi connectivity index (χ4v) is 2.77. The molecule has 2 N–H and O–H groups in total. The summed E-state index contributed by atoms with van der Waals surface area (Å²) < 4.78 is 5.72. The molecule has 0 aromatic carbocycles. The lowest BCUT2D eigenvalue weighted by Crippen LogP contribution is -2.28. The zero-order chi connectivity index (χ0) is 11.2. The van der Waals surface area contributed by atoms with Crippen molar-refractivity contribution >= 4 is 6.02 Å². The Labute approximate surface area is 98.5 Å². The first kappa shape index (κ1) is 11.7. The molecule has 2 rings (SSSR count). The van der Waals surface area contributed by atoms with Crippen molar-refractivity contribution in [3.05, 3.63) is 0 Å². The Morgan fingerprint density at radius 3 is 2.06 bits per heavy atom. The first-order valence-corrected chi connectivity index (χ1v) is 6.84. The van der Waals surface area contributed by atoms with Gasteiger partial charge in [-0.15, -0.1) is 0 Å². The van der Waals surface area contributed by atoms with Crippen LogP contribution in [0.25, 0.3) is 0 Å². The van der Waals surface area contributed by atoms with Crippen molar-refractivity contribution in [3.63, 3.8) is 0 Å². The predicted molar refractivity (Wildman–Crippen MR) is 66.5 cm³/mol. The Hall–Kier alpha value is -0.730. The summed E-state index contributed by atoms with van der Waals surface area (Å²) >= 11 is 0. The van der Waals surface area contributed by atoms with Crippen LogP contribution in [0.2, 0.25) is 0 Å². The molecule has 0 amide bonds. The van der Waals surface area contributed by atoms with Crippen LogP contribution in [-0.4, -0.2) is 18.2 Å². The van der Waals surface area contributed by atoms with Crippen LogP contribution in [0.3, 0.4) is 0 Å². The molecule has 0 spiro atoms. The third-order valence-electron chi connectivity index (χ3n) is 3.72. The molecule has 0 aromatic rings. The number of nitrogens with zero attached hydrogens (tertiary/aromatic N) is 1. The third-order valence-corrected chi connectivity index (χ3v) is 3.72. The van der Waals surface area contributed by atoms with Crippen LogP contribution >= 0.6 is 0 Å². The Morgan fingerprint density at radius 2 is 1.44 bits per heavy atom. The molecule has 3 heteroatoms. The van der Waals surface area contributed by atoms with Gasteiger partial charge in [0.25, 0.3) is 6.02 Å². The molecule has 0 radical (unpaired) electrons. The van der Waals surface area contributed by atoms with Gasteiger partial charge in [0.2, 0.25) is 0 Å². The number of aliphatic imine (C=N–C) groups is 1. The topological polar surface area (TPSA) is 47.6 Å². The second-order valence-electron chi connectivity index (χ2n) is 5.14. The summed E-state index contributed by atoms with van der Waals surface area (Å²) in [6.07, 6.45) is 12.9. The molecule has 92 valence electrons. The molecule has 2 aliphatic carbocycles. The van der Waals surface area contributed by atoms with E-state index in [1.165, 1.54) is 51.4 Å². The van der Waals surface area contributed by atoms with Crippen LogP contribution in [0.15, 0.2) is 4.99 Å². The minimum Gasteiger partial charge on any atom is -0.462 e.